The summed E-state index contributed by atoms with van der Waals surface area (Å²) in [5.74, 6) is 0.738. The SMILES string of the molecule is C/C=C/c1occ(C)c1Cl. The molecule has 1 aromatic rings. The van der Waals surface area contributed by atoms with E-state index in [1.54, 1.807) is 6.26 Å². The standard InChI is InChI=1S/C8H9ClO/c1-3-4-7-8(9)6(2)5-10-7/h3-5H,1-2H3/b4-3+. The van der Waals surface area contributed by atoms with Gasteiger partial charge in [-0.1, -0.05) is 17.7 Å². The molecule has 1 heterocycles. The summed E-state index contributed by atoms with van der Waals surface area (Å²) in [6.45, 7) is 3.84. The Balaban J connectivity index is 3.05. The molecule has 1 nitrogen and oxygen atoms in total. The van der Waals surface area contributed by atoms with Crippen LogP contribution in [0.25, 0.3) is 6.08 Å². The average Bonchev–Trinajstić information content (AvgIpc) is 2.20. The van der Waals surface area contributed by atoms with Gasteiger partial charge >= 0.3 is 0 Å². The van der Waals surface area contributed by atoms with Gasteiger partial charge in [-0.05, 0) is 19.9 Å². The van der Waals surface area contributed by atoms with Crippen LogP contribution >= 0.6 is 11.6 Å². The van der Waals surface area contributed by atoms with Gasteiger partial charge in [-0.15, -0.1) is 0 Å². The van der Waals surface area contributed by atoms with E-state index in [4.69, 9.17) is 16.0 Å². The minimum atomic E-state index is 0.707. The van der Waals surface area contributed by atoms with E-state index in [9.17, 15) is 0 Å². The normalized spacial score (nSPS) is 11.1. The fraction of sp³-hybridized carbons (Fsp3) is 0.250. The molecule has 0 fully saturated rings. The van der Waals surface area contributed by atoms with Gasteiger partial charge in [0.25, 0.3) is 0 Å². The van der Waals surface area contributed by atoms with Crippen molar-refractivity contribution in [1.82, 2.24) is 0 Å². The number of allylic oxidation sites excluding steroid dienone is 1. The van der Waals surface area contributed by atoms with E-state index in [0.29, 0.717) is 5.02 Å². The molecular weight excluding hydrogens is 148 g/mol. The van der Waals surface area contributed by atoms with Crippen LogP contribution in [0.15, 0.2) is 16.8 Å². The lowest BCUT2D eigenvalue weighted by molar-refractivity contribution is 0.555. The smallest absolute Gasteiger partial charge is 0.145 e. The Kier molecular flexibility index (Phi) is 2.17. The van der Waals surface area contributed by atoms with Crippen molar-refractivity contribution in [2.24, 2.45) is 0 Å². The molecule has 0 amide bonds. The number of rotatable bonds is 1. The van der Waals surface area contributed by atoms with Crippen molar-refractivity contribution in [3.8, 4) is 0 Å². The molecule has 54 valence electrons. The van der Waals surface area contributed by atoms with Gasteiger partial charge in [0, 0.05) is 5.56 Å². The molecule has 2 heteroatoms. The van der Waals surface area contributed by atoms with Crippen LogP contribution < -0.4 is 0 Å². The van der Waals surface area contributed by atoms with Crippen LogP contribution in [-0.4, -0.2) is 0 Å². The molecule has 0 N–H and O–H groups in total. The lowest BCUT2D eigenvalue weighted by Crippen LogP contribution is -1.65. The van der Waals surface area contributed by atoms with Crippen LogP contribution in [0.4, 0.5) is 0 Å². The number of aryl methyl sites for hydroxylation is 1. The lowest BCUT2D eigenvalue weighted by Gasteiger charge is -1.84. The largest absolute Gasteiger partial charge is 0.463 e. The maximum absolute atomic E-state index is 5.84. The van der Waals surface area contributed by atoms with Crippen LogP contribution in [0.3, 0.4) is 0 Å². The summed E-state index contributed by atoms with van der Waals surface area (Å²) >= 11 is 5.84. The quantitative estimate of drug-likeness (QED) is 0.608. The summed E-state index contributed by atoms with van der Waals surface area (Å²) in [4.78, 5) is 0. The Bertz CT molecular complexity index is 248. The first-order chi connectivity index (χ1) is 4.75. The molecule has 0 atom stereocenters. The molecule has 0 aromatic carbocycles. The minimum absolute atomic E-state index is 0.707. The van der Waals surface area contributed by atoms with Gasteiger partial charge in [-0.3, -0.25) is 0 Å². The van der Waals surface area contributed by atoms with Gasteiger partial charge in [-0.25, -0.2) is 0 Å². The number of hydrogen-bond donors (Lipinski definition) is 0. The Morgan fingerprint density at radius 3 is 2.70 bits per heavy atom. The zero-order chi connectivity index (χ0) is 7.56. The summed E-state index contributed by atoms with van der Waals surface area (Å²) in [6.07, 6.45) is 5.39. The van der Waals surface area contributed by atoms with E-state index in [2.05, 4.69) is 0 Å². The van der Waals surface area contributed by atoms with E-state index < -0.39 is 0 Å². The van der Waals surface area contributed by atoms with Crippen molar-refractivity contribution >= 4 is 17.7 Å². The first-order valence-corrected chi connectivity index (χ1v) is 3.49. The Labute approximate surface area is 65.3 Å². The zero-order valence-electron chi connectivity index (χ0n) is 6.02. The highest BCUT2D eigenvalue weighted by atomic mass is 35.5. The molecule has 0 radical (unpaired) electrons. The van der Waals surface area contributed by atoms with Crippen LogP contribution in [0.2, 0.25) is 5.02 Å². The molecule has 0 aliphatic rings. The van der Waals surface area contributed by atoms with E-state index in [-0.39, 0.29) is 0 Å². The number of hydrogen-bond acceptors (Lipinski definition) is 1. The minimum Gasteiger partial charge on any atom is -0.463 e. The van der Waals surface area contributed by atoms with Crippen molar-refractivity contribution in [3.63, 3.8) is 0 Å². The van der Waals surface area contributed by atoms with Crippen molar-refractivity contribution in [2.45, 2.75) is 13.8 Å². The summed E-state index contributed by atoms with van der Waals surface area (Å²) in [5.41, 5.74) is 0.981. The van der Waals surface area contributed by atoms with Crippen LogP contribution in [0.1, 0.15) is 18.2 Å². The predicted molar refractivity (Wildman–Crippen MR) is 43.2 cm³/mol. The molecule has 0 saturated heterocycles. The first-order valence-electron chi connectivity index (χ1n) is 3.12. The fourth-order valence-corrected chi connectivity index (χ4v) is 0.866. The monoisotopic (exact) mass is 156 g/mol. The highest BCUT2D eigenvalue weighted by Gasteiger charge is 2.02. The molecule has 0 saturated carbocycles. The van der Waals surface area contributed by atoms with Crippen LogP contribution in [-0.2, 0) is 0 Å². The van der Waals surface area contributed by atoms with E-state index in [1.807, 2.05) is 26.0 Å². The maximum Gasteiger partial charge on any atom is 0.145 e. The summed E-state index contributed by atoms with van der Waals surface area (Å²) in [6, 6.07) is 0. The predicted octanol–water partition coefficient (Wildman–Crippen LogP) is 3.27. The molecule has 10 heavy (non-hydrogen) atoms. The molecule has 0 bridgehead atoms. The van der Waals surface area contributed by atoms with Crippen molar-refractivity contribution in [3.05, 3.63) is 28.7 Å². The van der Waals surface area contributed by atoms with Gasteiger partial charge in [0.15, 0.2) is 0 Å². The molecule has 0 spiro atoms. The van der Waals surface area contributed by atoms with E-state index in [1.165, 1.54) is 0 Å². The highest BCUT2D eigenvalue weighted by molar-refractivity contribution is 6.32. The lowest BCUT2D eigenvalue weighted by atomic mass is 10.3. The summed E-state index contributed by atoms with van der Waals surface area (Å²) in [7, 11) is 0. The molecule has 1 aromatic heterocycles. The summed E-state index contributed by atoms with van der Waals surface area (Å²) < 4.78 is 5.12. The molecule has 0 unspecified atom stereocenters. The second-order valence-electron chi connectivity index (χ2n) is 2.10. The topological polar surface area (TPSA) is 13.1 Å². The Morgan fingerprint density at radius 1 is 1.60 bits per heavy atom. The number of halogens is 1. The van der Waals surface area contributed by atoms with Crippen LogP contribution in [0, 0.1) is 6.92 Å². The second-order valence-corrected chi connectivity index (χ2v) is 2.47. The molecule has 1 rings (SSSR count). The third kappa shape index (κ3) is 1.24. The first kappa shape index (κ1) is 7.42. The summed E-state index contributed by atoms with van der Waals surface area (Å²) in [5, 5.41) is 0.707. The van der Waals surface area contributed by atoms with Crippen molar-refractivity contribution in [2.75, 3.05) is 0 Å². The third-order valence-electron chi connectivity index (χ3n) is 1.24. The number of furan rings is 1. The van der Waals surface area contributed by atoms with Crippen molar-refractivity contribution in [1.29, 1.82) is 0 Å². The van der Waals surface area contributed by atoms with Crippen molar-refractivity contribution < 1.29 is 4.42 Å². The Morgan fingerprint density at radius 2 is 2.30 bits per heavy atom. The fourth-order valence-electron chi connectivity index (χ4n) is 0.713. The highest BCUT2D eigenvalue weighted by Crippen LogP contribution is 2.23. The maximum atomic E-state index is 5.84. The van der Waals surface area contributed by atoms with Gasteiger partial charge in [0.2, 0.25) is 0 Å². The second kappa shape index (κ2) is 2.93. The van der Waals surface area contributed by atoms with Gasteiger partial charge in [0.1, 0.15) is 5.76 Å². The van der Waals surface area contributed by atoms with Crippen LogP contribution in [0.5, 0.6) is 0 Å². The van der Waals surface area contributed by atoms with Gasteiger partial charge < -0.3 is 4.42 Å². The molecular formula is C8H9ClO. The van der Waals surface area contributed by atoms with E-state index >= 15 is 0 Å². The average molecular weight is 157 g/mol. The zero-order valence-corrected chi connectivity index (χ0v) is 6.77. The van der Waals surface area contributed by atoms with Gasteiger partial charge in [-0.2, -0.15) is 0 Å². The van der Waals surface area contributed by atoms with Gasteiger partial charge in [0.05, 0.1) is 11.3 Å². The van der Waals surface area contributed by atoms with E-state index in [0.717, 1.165) is 11.3 Å². The molecule has 0 aliphatic carbocycles. The third-order valence-corrected chi connectivity index (χ3v) is 1.73. The molecule has 0 aliphatic heterocycles. The Hall–Kier alpha value is -0.690.